The first kappa shape index (κ1) is 13.4. The molecule has 0 spiro atoms. The van der Waals surface area contributed by atoms with Gasteiger partial charge >= 0.3 is 5.97 Å². The van der Waals surface area contributed by atoms with Crippen LogP contribution in [0.5, 0.6) is 0 Å². The summed E-state index contributed by atoms with van der Waals surface area (Å²) in [5.74, 6) is -1.41. The number of hydrogen-bond donors (Lipinski definition) is 2. The number of anilines is 2. The molecule has 0 aliphatic carbocycles. The summed E-state index contributed by atoms with van der Waals surface area (Å²) in [4.78, 5) is 18.6. The van der Waals surface area contributed by atoms with Crippen LogP contribution >= 0.6 is 15.9 Å². The van der Waals surface area contributed by atoms with Crippen molar-refractivity contribution in [2.45, 2.75) is 6.92 Å². The molecule has 7 heteroatoms. The smallest absolute Gasteiger partial charge is 0.339 e. The average Bonchev–Trinajstić information content (AvgIpc) is 2.33. The molecule has 0 aliphatic heterocycles. The number of nitrogens with zero attached hydrogens (tertiary/aromatic N) is 2. The van der Waals surface area contributed by atoms with E-state index in [1.807, 2.05) is 0 Å². The number of carboxylic acid groups (broad SMARTS) is 1. The number of benzene rings is 1. The fraction of sp³-hybridized carbons (Fsp3) is 0.0833. The number of aryl methyl sites for hydroxylation is 1. The summed E-state index contributed by atoms with van der Waals surface area (Å²) in [6.07, 6.45) is 1.18. The first-order chi connectivity index (χ1) is 8.97. The van der Waals surface area contributed by atoms with Gasteiger partial charge in [0.05, 0.1) is 16.9 Å². The topological polar surface area (TPSA) is 75.1 Å². The Morgan fingerprint density at radius 3 is 2.84 bits per heavy atom. The van der Waals surface area contributed by atoms with E-state index in [2.05, 4.69) is 31.2 Å². The van der Waals surface area contributed by atoms with Crippen molar-refractivity contribution in [3.05, 3.63) is 45.9 Å². The molecular weight excluding hydrogens is 317 g/mol. The van der Waals surface area contributed by atoms with Gasteiger partial charge in [0.1, 0.15) is 5.82 Å². The second kappa shape index (κ2) is 5.31. The Hall–Kier alpha value is -2.02. The molecule has 2 rings (SSSR count). The van der Waals surface area contributed by atoms with E-state index in [0.29, 0.717) is 10.2 Å². The Bertz CT molecular complexity index is 649. The van der Waals surface area contributed by atoms with Crippen LogP contribution in [0.25, 0.3) is 0 Å². The van der Waals surface area contributed by atoms with Crippen molar-refractivity contribution in [3.63, 3.8) is 0 Å². The van der Waals surface area contributed by atoms with E-state index in [-0.39, 0.29) is 17.2 Å². The molecule has 0 aliphatic rings. The second-order valence-corrected chi connectivity index (χ2v) is 4.66. The fourth-order valence-corrected chi connectivity index (χ4v) is 1.81. The van der Waals surface area contributed by atoms with Crippen LogP contribution in [-0.2, 0) is 0 Å². The minimum atomic E-state index is -1.10. The molecule has 98 valence electrons. The third kappa shape index (κ3) is 3.05. The van der Waals surface area contributed by atoms with E-state index in [0.717, 1.165) is 0 Å². The van der Waals surface area contributed by atoms with Gasteiger partial charge in [0.15, 0.2) is 0 Å². The van der Waals surface area contributed by atoms with Crippen molar-refractivity contribution >= 4 is 33.5 Å². The molecule has 1 heterocycles. The van der Waals surface area contributed by atoms with Gasteiger partial charge in [-0.15, -0.1) is 0 Å². The summed E-state index contributed by atoms with van der Waals surface area (Å²) in [5, 5.41) is 11.6. The molecular formula is C12H9BrFN3O2. The van der Waals surface area contributed by atoms with Gasteiger partial charge in [-0.25, -0.2) is 19.2 Å². The van der Waals surface area contributed by atoms with Crippen molar-refractivity contribution in [1.82, 2.24) is 9.97 Å². The van der Waals surface area contributed by atoms with Gasteiger partial charge in [-0.2, -0.15) is 0 Å². The molecule has 0 amide bonds. The Labute approximate surface area is 116 Å². The minimum absolute atomic E-state index is 0.0141. The summed E-state index contributed by atoms with van der Waals surface area (Å²) in [5.41, 5.74) is 0.525. The Morgan fingerprint density at radius 1 is 1.47 bits per heavy atom. The van der Waals surface area contributed by atoms with E-state index >= 15 is 0 Å². The lowest BCUT2D eigenvalue weighted by Gasteiger charge is -2.08. The number of aromatic nitrogens is 2. The van der Waals surface area contributed by atoms with Crippen molar-refractivity contribution in [1.29, 1.82) is 0 Å². The normalized spacial score (nSPS) is 10.3. The standard InChI is InChI=1S/C12H9BrFN3O2/c1-6-8(11(18)19)5-15-12(16-6)17-10-4-7(13)2-3-9(10)14/h2-5H,1H3,(H,18,19)(H,15,16,17). The van der Waals surface area contributed by atoms with Gasteiger partial charge in [-0.1, -0.05) is 15.9 Å². The molecule has 1 aromatic heterocycles. The van der Waals surface area contributed by atoms with Crippen LogP contribution in [0.15, 0.2) is 28.9 Å². The number of rotatable bonds is 3. The maximum absolute atomic E-state index is 13.5. The number of nitrogens with one attached hydrogen (secondary N) is 1. The van der Waals surface area contributed by atoms with Crippen LogP contribution in [-0.4, -0.2) is 21.0 Å². The number of aromatic carboxylic acids is 1. The Balaban J connectivity index is 2.31. The van der Waals surface area contributed by atoms with E-state index in [4.69, 9.17) is 5.11 Å². The lowest BCUT2D eigenvalue weighted by atomic mass is 10.2. The van der Waals surface area contributed by atoms with Gasteiger partial charge in [0, 0.05) is 10.7 Å². The molecule has 0 saturated carbocycles. The third-order valence-electron chi connectivity index (χ3n) is 2.38. The predicted octanol–water partition coefficient (Wildman–Crippen LogP) is 3.13. The zero-order valence-corrected chi connectivity index (χ0v) is 11.4. The quantitative estimate of drug-likeness (QED) is 0.906. The van der Waals surface area contributed by atoms with Crippen LogP contribution in [0.1, 0.15) is 16.1 Å². The largest absolute Gasteiger partial charge is 0.478 e. The van der Waals surface area contributed by atoms with Gasteiger partial charge in [-0.3, -0.25) is 0 Å². The molecule has 0 bridgehead atoms. The monoisotopic (exact) mass is 325 g/mol. The molecule has 0 atom stereocenters. The van der Waals surface area contributed by atoms with E-state index in [1.165, 1.54) is 12.3 Å². The van der Waals surface area contributed by atoms with E-state index < -0.39 is 11.8 Å². The van der Waals surface area contributed by atoms with Crippen LogP contribution in [0.3, 0.4) is 0 Å². The van der Waals surface area contributed by atoms with E-state index in [1.54, 1.807) is 19.1 Å². The summed E-state index contributed by atoms with van der Waals surface area (Å²) >= 11 is 3.23. The maximum atomic E-state index is 13.5. The van der Waals surface area contributed by atoms with Crippen LogP contribution in [0.2, 0.25) is 0 Å². The van der Waals surface area contributed by atoms with Crippen LogP contribution < -0.4 is 5.32 Å². The predicted molar refractivity (Wildman–Crippen MR) is 71.1 cm³/mol. The molecule has 0 radical (unpaired) electrons. The van der Waals surface area contributed by atoms with Gasteiger partial charge in [0.2, 0.25) is 5.95 Å². The summed E-state index contributed by atoms with van der Waals surface area (Å²) < 4.78 is 14.2. The SMILES string of the molecule is Cc1nc(Nc2cc(Br)ccc2F)ncc1C(=O)O. The van der Waals surface area contributed by atoms with Crippen LogP contribution in [0.4, 0.5) is 16.0 Å². The van der Waals surface area contributed by atoms with Crippen molar-refractivity contribution in [3.8, 4) is 0 Å². The Morgan fingerprint density at radius 2 is 2.21 bits per heavy atom. The number of carboxylic acids is 1. The highest BCUT2D eigenvalue weighted by molar-refractivity contribution is 9.10. The molecule has 2 aromatic rings. The molecule has 5 nitrogen and oxygen atoms in total. The highest BCUT2D eigenvalue weighted by Gasteiger charge is 2.11. The molecule has 1 aromatic carbocycles. The lowest BCUT2D eigenvalue weighted by molar-refractivity contribution is 0.0695. The number of hydrogen-bond acceptors (Lipinski definition) is 4. The zero-order valence-electron chi connectivity index (χ0n) is 9.82. The van der Waals surface area contributed by atoms with Crippen LogP contribution in [0, 0.1) is 12.7 Å². The van der Waals surface area contributed by atoms with Crippen molar-refractivity contribution < 1.29 is 14.3 Å². The Kier molecular flexibility index (Phi) is 3.75. The second-order valence-electron chi connectivity index (χ2n) is 3.75. The third-order valence-corrected chi connectivity index (χ3v) is 2.88. The first-order valence-corrected chi connectivity index (χ1v) is 6.05. The van der Waals surface area contributed by atoms with Gasteiger partial charge in [-0.05, 0) is 25.1 Å². The summed E-state index contributed by atoms with van der Waals surface area (Å²) in [6, 6.07) is 4.41. The molecule has 19 heavy (non-hydrogen) atoms. The van der Waals surface area contributed by atoms with Crippen molar-refractivity contribution in [2.75, 3.05) is 5.32 Å². The highest BCUT2D eigenvalue weighted by atomic mass is 79.9. The minimum Gasteiger partial charge on any atom is -0.478 e. The van der Waals surface area contributed by atoms with E-state index in [9.17, 15) is 9.18 Å². The number of carbonyl (C=O) groups is 1. The van der Waals surface area contributed by atoms with Crippen molar-refractivity contribution in [2.24, 2.45) is 0 Å². The highest BCUT2D eigenvalue weighted by Crippen LogP contribution is 2.22. The van der Waals surface area contributed by atoms with Gasteiger partial charge in [0.25, 0.3) is 0 Å². The first-order valence-electron chi connectivity index (χ1n) is 5.26. The summed E-state index contributed by atoms with van der Waals surface area (Å²) in [7, 11) is 0. The molecule has 2 N–H and O–H groups in total. The fourth-order valence-electron chi connectivity index (χ4n) is 1.45. The molecule has 0 unspecified atom stereocenters. The maximum Gasteiger partial charge on any atom is 0.339 e. The average molecular weight is 326 g/mol. The number of halogens is 2. The molecule has 0 fully saturated rings. The molecule has 0 saturated heterocycles. The van der Waals surface area contributed by atoms with Gasteiger partial charge < -0.3 is 10.4 Å². The zero-order chi connectivity index (χ0) is 14.0. The lowest BCUT2D eigenvalue weighted by Crippen LogP contribution is -2.06. The summed E-state index contributed by atoms with van der Waals surface area (Å²) in [6.45, 7) is 1.55.